The minimum atomic E-state index is 0. The van der Waals surface area contributed by atoms with Gasteiger partial charge < -0.3 is 10.2 Å². The molecule has 0 radical (unpaired) electrons. The first-order valence-electron chi connectivity index (χ1n) is 7.34. The van der Waals surface area contributed by atoms with Crippen LogP contribution in [0, 0.1) is 5.92 Å². The Hall–Kier alpha value is -1.22. The topological polar surface area (TPSA) is 32.3 Å². The van der Waals surface area contributed by atoms with Crippen LogP contribution in [-0.4, -0.2) is 29.9 Å². The third-order valence-electron chi connectivity index (χ3n) is 4.39. The molecule has 110 valence electrons. The number of carbonyl (C=O) groups excluding carboxylic acids is 1. The van der Waals surface area contributed by atoms with E-state index in [0.29, 0.717) is 12.0 Å². The van der Waals surface area contributed by atoms with Gasteiger partial charge in [0.05, 0.1) is 0 Å². The van der Waals surface area contributed by atoms with Crippen LogP contribution in [0.4, 0.5) is 5.69 Å². The predicted octanol–water partition coefficient (Wildman–Crippen LogP) is 3.34. The number of halogens is 1. The first-order valence-corrected chi connectivity index (χ1v) is 7.34. The fourth-order valence-corrected chi connectivity index (χ4v) is 3.34. The van der Waals surface area contributed by atoms with Gasteiger partial charge in [0.25, 0.3) is 5.91 Å². The molecule has 0 spiro atoms. The molecule has 3 nitrogen and oxygen atoms in total. The highest BCUT2D eigenvalue weighted by Crippen LogP contribution is 2.28. The molecule has 2 aliphatic heterocycles. The molecule has 1 saturated heterocycles. The molecule has 1 unspecified atom stereocenters. The van der Waals surface area contributed by atoms with Crippen LogP contribution in [-0.2, 0) is 6.42 Å². The number of hydrogen-bond acceptors (Lipinski definition) is 2. The lowest BCUT2D eigenvalue weighted by Gasteiger charge is -2.28. The molecule has 3 rings (SSSR count). The SMILES string of the molecule is CC(C)C1CCCN1C(=O)c1ccc2c(c1)CCN2.Cl. The highest BCUT2D eigenvalue weighted by Gasteiger charge is 2.31. The van der Waals surface area contributed by atoms with Crippen LogP contribution in [0.25, 0.3) is 0 Å². The molecule has 1 amide bonds. The van der Waals surface area contributed by atoms with Crippen molar-refractivity contribution in [2.75, 3.05) is 18.4 Å². The Labute approximate surface area is 127 Å². The Bertz CT molecular complexity index is 501. The monoisotopic (exact) mass is 294 g/mol. The number of carbonyl (C=O) groups is 1. The van der Waals surface area contributed by atoms with Crippen molar-refractivity contribution < 1.29 is 4.79 Å². The largest absolute Gasteiger partial charge is 0.384 e. The summed E-state index contributed by atoms with van der Waals surface area (Å²) in [5.74, 6) is 0.758. The molecule has 0 bridgehead atoms. The van der Waals surface area contributed by atoms with E-state index in [1.54, 1.807) is 0 Å². The minimum absolute atomic E-state index is 0. The number of nitrogens with zero attached hydrogens (tertiary/aromatic N) is 1. The fraction of sp³-hybridized carbons (Fsp3) is 0.562. The van der Waals surface area contributed by atoms with Gasteiger partial charge in [-0.3, -0.25) is 4.79 Å². The maximum atomic E-state index is 12.7. The summed E-state index contributed by atoms with van der Waals surface area (Å²) >= 11 is 0. The number of nitrogens with one attached hydrogen (secondary N) is 1. The van der Waals surface area contributed by atoms with Gasteiger partial charge in [0.2, 0.25) is 0 Å². The van der Waals surface area contributed by atoms with E-state index in [4.69, 9.17) is 0 Å². The van der Waals surface area contributed by atoms with Crippen molar-refractivity contribution >= 4 is 24.0 Å². The second-order valence-electron chi connectivity index (χ2n) is 6.00. The molecule has 1 aromatic carbocycles. The number of hydrogen-bond donors (Lipinski definition) is 1. The van der Waals surface area contributed by atoms with Crippen LogP contribution >= 0.6 is 12.4 Å². The van der Waals surface area contributed by atoms with Gasteiger partial charge in [-0.25, -0.2) is 0 Å². The van der Waals surface area contributed by atoms with E-state index in [0.717, 1.165) is 37.9 Å². The van der Waals surface area contributed by atoms with Crippen LogP contribution in [0.15, 0.2) is 18.2 Å². The van der Waals surface area contributed by atoms with E-state index in [2.05, 4.69) is 36.2 Å². The molecule has 1 atom stereocenters. The first kappa shape index (κ1) is 15.2. The van der Waals surface area contributed by atoms with E-state index in [1.165, 1.54) is 11.3 Å². The first-order chi connectivity index (χ1) is 9.16. The zero-order chi connectivity index (χ0) is 13.4. The van der Waals surface area contributed by atoms with Crippen LogP contribution in [0.5, 0.6) is 0 Å². The number of likely N-dealkylation sites (tertiary alicyclic amines) is 1. The van der Waals surface area contributed by atoms with Gasteiger partial charge >= 0.3 is 0 Å². The summed E-state index contributed by atoms with van der Waals surface area (Å²) in [6, 6.07) is 6.51. The Morgan fingerprint density at radius 3 is 2.95 bits per heavy atom. The molecule has 4 heteroatoms. The average Bonchev–Trinajstić information content (AvgIpc) is 3.05. The highest BCUT2D eigenvalue weighted by molar-refractivity contribution is 5.95. The molecule has 0 aliphatic carbocycles. The van der Waals surface area contributed by atoms with Crippen LogP contribution < -0.4 is 5.32 Å². The van der Waals surface area contributed by atoms with Gasteiger partial charge in [-0.1, -0.05) is 13.8 Å². The molecular formula is C16H23ClN2O. The van der Waals surface area contributed by atoms with Crippen LogP contribution in [0.3, 0.4) is 0 Å². The van der Waals surface area contributed by atoms with Crippen molar-refractivity contribution in [3.05, 3.63) is 29.3 Å². The Morgan fingerprint density at radius 2 is 2.20 bits per heavy atom. The maximum Gasteiger partial charge on any atom is 0.254 e. The Morgan fingerprint density at radius 1 is 1.40 bits per heavy atom. The minimum Gasteiger partial charge on any atom is -0.384 e. The summed E-state index contributed by atoms with van der Waals surface area (Å²) in [5.41, 5.74) is 3.33. The van der Waals surface area contributed by atoms with Crippen molar-refractivity contribution in [2.24, 2.45) is 5.92 Å². The van der Waals surface area contributed by atoms with Gasteiger partial charge in [-0.05, 0) is 48.9 Å². The van der Waals surface area contributed by atoms with Crippen LogP contribution in [0.1, 0.15) is 42.6 Å². The van der Waals surface area contributed by atoms with E-state index in [1.807, 2.05) is 6.07 Å². The lowest BCUT2D eigenvalue weighted by molar-refractivity contribution is 0.0701. The number of fused-ring (bicyclic) bond motifs is 1. The van der Waals surface area contributed by atoms with Crippen molar-refractivity contribution in [2.45, 2.75) is 39.2 Å². The quantitative estimate of drug-likeness (QED) is 0.907. The lowest BCUT2D eigenvalue weighted by atomic mass is 10.0. The van der Waals surface area contributed by atoms with E-state index < -0.39 is 0 Å². The predicted molar refractivity (Wildman–Crippen MR) is 84.8 cm³/mol. The molecule has 0 aromatic heterocycles. The maximum absolute atomic E-state index is 12.7. The van der Waals surface area contributed by atoms with Crippen molar-refractivity contribution in [3.8, 4) is 0 Å². The normalized spacial score (nSPS) is 20.6. The van der Waals surface area contributed by atoms with Gasteiger partial charge in [0.1, 0.15) is 0 Å². The standard InChI is InChI=1S/C16H22N2O.ClH/c1-11(2)15-4-3-9-18(15)16(19)13-5-6-14-12(10-13)7-8-17-14;/h5-6,10-11,15,17H,3-4,7-9H2,1-2H3;1H. The van der Waals surface area contributed by atoms with E-state index >= 15 is 0 Å². The van der Waals surface area contributed by atoms with Gasteiger partial charge in [0.15, 0.2) is 0 Å². The second kappa shape index (κ2) is 6.04. The van der Waals surface area contributed by atoms with Crippen molar-refractivity contribution in [1.29, 1.82) is 0 Å². The zero-order valence-electron chi connectivity index (χ0n) is 12.2. The Balaban J connectivity index is 0.00000147. The van der Waals surface area contributed by atoms with E-state index in [-0.39, 0.29) is 18.3 Å². The summed E-state index contributed by atoms with van der Waals surface area (Å²) in [6.07, 6.45) is 3.32. The summed E-state index contributed by atoms with van der Waals surface area (Å²) in [6.45, 7) is 6.33. The number of benzene rings is 1. The molecule has 1 fully saturated rings. The number of rotatable bonds is 2. The van der Waals surface area contributed by atoms with Crippen LogP contribution in [0.2, 0.25) is 0 Å². The molecule has 2 heterocycles. The summed E-state index contributed by atoms with van der Waals surface area (Å²) in [4.78, 5) is 14.7. The molecule has 2 aliphatic rings. The average molecular weight is 295 g/mol. The molecular weight excluding hydrogens is 272 g/mol. The van der Waals surface area contributed by atoms with Gasteiger partial charge in [-0.15, -0.1) is 12.4 Å². The van der Waals surface area contributed by atoms with Gasteiger partial charge in [-0.2, -0.15) is 0 Å². The summed E-state index contributed by atoms with van der Waals surface area (Å²) < 4.78 is 0. The van der Waals surface area contributed by atoms with Crippen molar-refractivity contribution in [3.63, 3.8) is 0 Å². The smallest absolute Gasteiger partial charge is 0.254 e. The zero-order valence-corrected chi connectivity index (χ0v) is 13.0. The second-order valence-corrected chi connectivity index (χ2v) is 6.00. The summed E-state index contributed by atoms with van der Waals surface area (Å²) in [5, 5.41) is 3.34. The third kappa shape index (κ3) is 2.64. The highest BCUT2D eigenvalue weighted by atomic mass is 35.5. The molecule has 20 heavy (non-hydrogen) atoms. The molecule has 1 N–H and O–H groups in total. The van der Waals surface area contributed by atoms with Gasteiger partial charge in [0, 0.05) is 30.4 Å². The Kier molecular flexibility index (Phi) is 4.59. The lowest BCUT2D eigenvalue weighted by Crippen LogP contribution is -2.38. The number of amides is 1. The van der Waals surface area contributed by atoms with E-state index in [9.17, 15) is 4.79 Å². The number of anilines is 1. The fourth-order valence-electron chi connectivity index (χ4n) is 3.34. The third-order valence-corrected chi connectivity index (χ3v) is 4.39. The molecule has 0 saturated carbocycles. The van der Waals surface area contributed by atoms with Crippen molar-refractivity contribution in [1.82, 2.24) is 4.90 Å². The molecule has 1 aromatic rings. The summed E-state index contributed by atoms with van der Waals surface area (Å²) in [7, 11) is 0.